The first-order chi connectivity index (χ1) is 11.3. The molecule has 0 spiro atoms. The molecule has 2 N–H and O–H groups in total. The van der Waals surface area contributed by atoms with E-state index in [1.165, 1.54) is 22.7 Å². The summed E-state index contributed by atoms with van der Waals surface area (Å²) in [6.07, 6.45) is 5.62. The van der Waals surface area contributed by atoms with Gasteiger partial charge in [-0.3, -0.25) is 15.2 Å². The molecule has 0 radical (unpaired) electrons. The quantitative estimate of drug-likeness (QED) is 0.603. The van der Waals surface area contributed by atoms with Gasteiger partial charge in [0.05, 0.1) is 11.7 Å². The van der Waals surface area contributed by atoms with Crippen molar-refractivity contribution in [2.24, 2.45) is 0 Å². The van der Waals surface area contributed by atoms with Crippen LogP contribution in [0.2, 0.25) is 0 Å². The van der Waals surface area contributed by atoms with Gasteiger partial charge < -0.3 is 4.98 Å². The Morgan fingerprint density at radius 2 is 1.96 bits per heavy atom. The van der Waals surface area contributed by atoms with Gasteiger partial charge in [-0.05, 0) is 18.6 Å². The maximum atomic E-state index is 11.9. The molecule has 4 rings (SSSR count). The molecule has 7 heteroatoms. The van der Waals surface area contributed by atoms with Crippen molar-refractivity contribution < 1.29 is 4.79 Å². The zero-order chi connectivity index (χ0) is 15.6. The number of rotatable bonds is 4. The van der Waals surface area contributed by atoms with Gasteiger partial charge in [-0.1, -0.05) is 18.2 Å². The second-order valence-electron chi connectivity index (χ2n) is 5.30. The molecule has 23 heavy (non-hydrogen) atoms. The molecule has 0 aliphatic heterocycles. The fourth-order valence-corrected chi connectivity index (χ4v) is 2.63. The molecule has 3 aromatic heterocycles. The van der Waals surface area contributed by atoms with E-state index in [2.05, 4.69) is 31.7 Å². The number of carbonyl (C=O) groups excluding carboxylic acids is 1. The third-order valence-corrected chi connectivity index (χ3v) is 3.73. The van der Waals surface area contributed by atoms with Crippen LogP contribution in [-0.2, 0) is 11.2 Å². The summed E-state index contributed by atoms with van der Waals surface area (Å²) in [5.41, 5.74) is 5.66. The monoisotopic (exact) mass is 306 g/mol. The Kier molecular flexibility index (Phi) is 3.23. The molecule has 4 aromatic rings. The van der Waals surface area contributed by atoms with Crippen LogP contribution in [0.1, 0.15) is 12.1 Å². The van der Waals surface area contributed by atoms with E-state index >= 15 is 0 Å². The lowest BCUT2D eigenvalue weighted by Gasteiger charge is -2.04. The molecule has 3 heterocycles. The highest BCUT2D eigenvalue weighted by atomic mass is 16.2. The number of amides is 1. The van der Waals surface area contributed by atoms with Crippen LogP contribution in [0.15, 0.2) is 49.2 Å². The average molecular weight is 306 g/mol. The van der Waals surface area contributed by atoms with E-state index in [4.69, 9.17) is 0 Å². The first-order valence-corrected chi connectivity index (χ1v) is 7.29. The van der Waals surface area contributed by atoms with E-state index in [-0.39, 0.29) is 5.91 Å². The summed E-state index contributed by atoms with van der Waals surface area (Å²) >= 11 is 0. The van der Waals surface area contributed by atoms with E-state index < -0.39 is 0 Å². The number of aromatic amines is 1. The van der Waals surface area contributed by atoms with Crippen molar-refractivity contribution in [3.05, 3.63) is 54.9 Å². The number of hydrogen-bond acceptors (Lipinski definition) is 4. The number of pyridine rings is 1. The van der Waals surface area contributed by atoms with Gasteiger partial charge in [0.2, 0.25) is 5.91 Å². The molecular weight excluding hydrogens is 292 g/mol. The highest BCUT2D eigenvalue weighted by Crippen LogP contribution is 2.25. The third-order valence-electron chi connectivity index (χ3n) is 3.73. The van der Waals surface area contributed by atoms with Crippen LogP contribution < -0.4 is 5.43 Å². The standard InChI is InChI=1S/C16H14N6O/c23-16(21-22-9-18-19-10-22)6-5-11-7-13-12-3-1-2-4-14(12)20-15(13)8-17-11/h1-4,7-10,20H,5-6H2,(H,21,23). The first-order valence-electron chi connectivity index (χ1n) is 7.29. The van der Waals surface area contributed by atoms with Crippen LogP contribution in [0.4, 0.5) is 0 Å². The number of fused-ring (bicyclic) bond motifs is 3. The number of nitrogens with zero attached hydrogens (tertiary/aromatic N) is 4. The molecule has 0 saturated carbocycles. The Labute approximate surface area is 131 Å². The molecular formula is C16H14N6O. The fraction of sp³-hybridized carbons (Fsp3) is 0.125. The topological polar surface area (TPSA) is 88.5 Å². The minimum absolute atomic E-state index is 0.106. The maximum Gasteiger partial charge on any atom is 0.239 e. The Balaban J connectivity index is 1.52. The highest BCUT2D eigenvalue weighted by Gasteiger charge is 2.08. The highest BCUT2D eigenvalue weighted by molar-refractivity contribution is 6.06. The number of benzene rings is 1. The van der Waals surface area contributed by atoms with Crippen LogP contribution >= 0.6 is 0 Å². The number of carbonyl (C=O) groups is 1. The largest absolute Gasteiger partial charge is 0.353 e. The molecule has 0 atom stereocenters. The van der Waals surface area contributed by atoms with Gasteiger partial charge in [-0.25, -0.2) is 4.68 Å². The minimum atomic E-state index is -0.106. The molecule has 1 aromatic carbocycles. The second kappa shape index (κ2) is 5.53. The Morgan fingerprint density at radius 3 is 2.83 bits per heavy atom. The Hall–Kier alpha value is -3.22. The predicted molar refractivity (Wildman–Crippen MR) is 86.3 cm³/mol. The minimum Gasteiger partial charge on any atom is -0.353 e. The summed E-state index contributed by atoms with van der Waals surface area (Å²) in [6.45, 7) is 0. The second-order valence-corrected chi connectivity index (χ2v) is 5.30. The van der Waals surface area contributed by atoms with Crippen molar-refractivity contribution in [3.63, 3.8) is 0 Å². The van der Waals surface area contributed by atoms with Crippen molar-refractivity contribution in [2.45, 2.75) is 12.8 Å². The van der Waals surface area contributed by atoms with E-state index in [0.717, 1.165) is 22.1 Å². The molecule has 0 saturated heterocycles. The number of aryl methyl sites for hydroxylation is 1. The van der Waals surface area contributed by atoms with Crippen LogP contribution in [-0.4, -0.2) is 30.7 Å². The average Bonchev–Trinajstić information content (AvgIpc) is 3.20. The van der Waals surface area contributed by atoms with Crippen molar-refractivity contribution >= 4 is 27.7 Å². The smallest absolute Gasteiger partial charge is 0.239 e. The lowest BCUT2D eigenvalue weighted by atomic mass is 10.1. The lowest BCUT2D eigenvalue weighted by Crippen LogP contribution is -2.21. The lowest BCUT2D eigenvalue weighted by molar-refractivity contribution is -0.117. The summed E-state index contributed by atoms with van der Waals surface area (Å²) < 4.78 is 1.43. The summed E-state index contributed by atoms with van der Waals surface area (Å²) in [4.78, 5) is 19.7. The molecule has 0 fully saturated rings. The van der Waals surface area contributed by atoms with Crippen LogP contribution in [0, 0.1) is 0 Å². The molecule has 0 unspecified atom stereocenters. The van der Waals surface area contributed by atoms with Gasteiger partial charge in [-0.15, -0.1) is 10.2 Å². The normalized spacial score (nSPS) is 11.1. The van der Waals surface area contributed by atoms with Gasteiger partial charge in [0.25, 0.3) is 0 Å². The van der Waals surface area contributed by atoms with Crippen LogP contribution in [0.25, 0.3) is 21.8 Å². The molecule has 7 nitrogen and oxygen atoms in total. The summed E-state index contributed by atoms with van der Waals surface area (Å²) in [7, 11) is 0. The Bertz CT molecular complexity index is 973. The number of para-hydroxylation sites is 1. The van der Waals surface area contributed by atoms with Gasteiger partial charge in [0.1, 0.15) is 12.7 Å². The van der Waals surface area contributed by atoms with Crippen molar-refractivity contribution in [1.29, 1.82) is 0 Å². The van der Waals surface area contributed by atoms with Gasteiger partial charge in [0, 0.05) is 28.4 Å². The van der Waals surface area contributed by atoms with E-state index in [0.29, 0.717) is 12.8 Å². The SMILES string of the molecule is O=C(CCc1cc2c(cn1)[nH]c1ccccc12)Nn1cnnc1. The molecule has 1 amide bonds. The molecule has 114 valence electrons. The molecule has 0 bridgehead atoms. The van der Waals surface area contributed by atoms with Crippen LogP contribution in [0.3, 0.4) is 0 Å². The van der Waals surface area contributed by atoms with E-state index in [1.54, 1.807) is 0 Å². The summed E-state index contributed by atoms with van der Waals surface area (Å²) in [5.74, 6) is -0.106. The van der Waals surface area contributed by atoms with E-state index in [9.17, 15) is 4.79 Å². The number of aromatic nitrogens is 5. The zero-order valence-electron chi connectivity index (χ0n) is 12.2. The number of hydrogen-bond donors (Lipinski definition) is 2. The predicted octanol–water partition coefficient (Wildman–Crippen LogP) is 2.01. The van der Waals surface area contributed by atoms with Gasteiger partial charge in [-0.2, -0.15) is 0 Å². The zero-order valence-corrected chi connectivity index (χ0v) is 12.2. The summed E-state index contributed by atoms with van der Waals surface area (Å²) in [5, 5.41) is 9.56. The van der Waals surface area contributed by atoms with Crippen molar-refractivity contribution in [1.82, 2.24) is 24.8 Å². The molecule has 0 aliphatic rings. The number of H-pyrrole nitrogens is 1. The van der Waals surface area contributed by atoms with Crippen molar-refractivity contribution in [3.8, 4) is 0 Å². The number of nitrogens with one attached hydrogen (secondary N) is 2. The molecule has 0 aliphatic carbocycles. The Morgan fingerprint density at radius 1 is 1.13 bits per heavy atom. The maximum absolute atomic E-state index is 11.9. The van der Waals surface area contributed by atoms with E-state index in [1.807, 2.05) is 30.5 Å². The third kappa shape index (κ3) is 2.64. The fourth-order valence-electron chi connectivity index (χ4n) is 2.63. The van der Waals surface area contributed by atoms with Gasteiger partial charge >= 0.3 is 0 Å². The van der Waals surface area contributed by atoms with Crippen molar-refractivity contribution in [2.75, 3.05) is 5.43 Å². The first kappa shape index (κ1) is 13.4. The summed E-state index contributed by atoms with van der Waals surface area (Å²) in [6, 6.07) is 10.2. The van der Waals surface area contributed by atoms with Crippen LogP contribution in [0.5, 0.6) is 0 Å². The van der Waals surface area contributed by atoms with Gasteiger partial charge in [0.15, 0.2) is 0 Å².